The zero-order valence-electron chi connectivity index (χ0n) is 12.7. The predicted molar refractivity (Wildman–Crippen MR) is 90.4 cm³/mol. The Bertz CT molecular complexity index is 825. The van der Waals surface area contributed by atoms with Gasteiger partial charge in [0.1, 0.15) is 5.75 Å². The minimum atomic E-state index is -0.796. The summed E-state index contributed by atoms with van der Waals surface area (Å²) in [5, 5.41) is 26.8. The zero-order chi connectivity index (χ0) is 18.6. The highest BCUT2D eigenvalue weighted by molar-refractivity contribution is 6.31. The number of carbonyl (C=O) groups excluding carboxylic acids is 1. The fraction of sp³-hybridized carbons (Fsp3) is 0.0714. The number of hydrogen-bond acceptors (Lipinski definition) is 6. The molecule has 2 aromatic carbocycles. The van der Waals surface area contributed by atoms with Crippen LogP contribution in [0.15, 0.2) is 36.4 Å². The lowest BCUT2D eigenvalue weighted by atomic mass is 10.2. The third-order valence-electron chi connectivity index (χ3n) is 2.99. The van der Waals surface area contributed by atoms with E-state index in [1.54, 1.807) is 6.07 Å². The van der Waals surface area contributed by atoms with Gasteiger partial charge in [-0.15, -0.1) is 0 Å². The molecule has 0 bridgehead atoms. The molecule has 2 rings (SSSR count). The third kappa shape index (κ3) is 4.54. The molecule has 0 aliphatic rings. The van der Waals surface area contributed by atoms with E-state index in [-0.39, 0.29) is 11.4 Å². The van der Waals surface area contributed by atoms with Crippen LogP contribution in [0.4, 0.5) is 27.5 Å². The van der Waals surface area contributed by atoms with Crippen molar-refractivity contribution < 1.29 is 19.4 Å². The number of carbonyl (C=O) groups is 1. The normalized spacial score (nSPS) is 10.0. The molecule has 0 atom stereocenters. The van der Waals surface area contributed by atoms with Crippen LogP contribution in [0, 0.1) is 20.2 Å². The van der Waals surface area contributed by atoms with Crippen molar-refractivity contribution in [1.29, 1.82) is 0 Å². The van der Waals surface area contributed by atoms with Gasteiger partial charge in [-0.25, -0.2) is 4.79 Å². The van der Waals surface area contributed by atoms with E-state index in [9.17, 15) is 25.0 Å². The Kier molecular flexibility index (Phi) is 5.35. The van der Waals surface area contributed by atoms with E-state index in [2.05, 4.69) is 10.6 Å². The van der Waals surface area contributed by atoms with Crippen molar-refractivity contribution in [2.24, 2.45) is 0 Å². The Morgan fingerprint density at radius 3 is 2.16 bits per heavy atom. The first kappa shape index (κ1) is 17.9. The maximum Gasteiger partial charge on any atom is 0.323 e. The number of benzene rings is 2. The maximum atomic E-state index is 12.1. The summed E-state index contributed by atoms with van der Waals surface area (Å²) in [6.45, 7) is 0. The number of hydrogen-bond donors (Lipinski definition) is 2. The summed E-state index contributed by atoms with van der Waals surface area (Å²) in [4.78, 5) is 32.2. The summed E-state index contributed by atoms with van der Waals surface area (Å²) >= 11 is 5.85. The van der Waals surface area contributed by atoms with Crippen LogP contribution in [0.1, 0.15) is 0 Å². The second-order valence-electron chi connectivity index (χ2n) is 4.68. The SMILES string of the molecule is COc1ccc(Cl)cc1NC(=O)Nc1cc([N+](=O)[O-])cc([N+](=O)[O-])c1. The van der Waals surface area contributed by atoms with Crippen molar-refractivity contribution in [3.8, 4) is 5.75 Å². The standard InChI is InChI=1S/C14H11ClN4O6/c1-25-13-3-2-8(15)4-12(13)17-14(20)16-9-5-10(18(21)22)7-11(6-9)19(23)24/h2-7H,1H3,(H2,16,17,20). The fourth-order valence-corrected chi connectivity index (χ4v) is 2.11. The van der Waals surface area contributed by atoms with E-state index in [0.29, 0.717) is 10.8 Å². The van der Waals surface area contributed by atoms with Gasteiger partial charge < -0.3 is 15.4 Å². The number of nitro benzene ring substituents is 2. The van der Waals surface area contributed by atoms with Crippen molar-refractivity contribution >= 4 is 40.4 Å². The number of anilines is 2. The van der Waals surface area contributed by atoms with Gasteiger partial charge in [0.15, 0.2) is 0 Å². The van der Waals surface area contributed by atoms with Gasteiger partial charge in [0, 0.05) is 17.2 Å². The van der Waals surface area contributed by atoms with Crippen LogP contribution in [0.2, 0.25) is 5.02 Å². The number of nitro groups is 2. The minimum absolute atomic E-state index is 0.112. The first-order valence-corrected chi connectivity index (χ1v) is 7.03. The van der Waals surface area contributed by atoms with Crippen molar-refractivity contribution in [2.75, 3.05) is 17.7 Å². The zero-order valence-corrected chi connectivity index (χ0v) is 13.4. The number of halogens is 1. The van der Waals surface area contributed by atoms with Crippen molar-refractivity contribution in [3.63, 3.8) is 0 Å². The Morgan fingerprint density at radius 2 is 1.64 bits per heavy atom. The second-order valence-corrected chi connectivity index (χ2v) is 5.11. The molecule has 25 heavy (non-hydrogen) atoms. The maximum absolute atomic E-state index is 12.1. The molecular formula is C14H11ClN4O6. The fourth-order valence-electron chi connectivity index (χ4n) is 1.94. The van der Waals surface area contributed by atoms with Crippen LogP contribution in [0.3, 0.4) is 0 Å². The summed E-state index contributed by atoms with van der Waals surface area (Å²) in [6, 6.07) is 6.56. The number of amides is 2. The highest BCUT2D eigenvalue weighted by Gasteiger charge is 2.18. The van der Waals surface area contributed by atoms with Crippen LogP contribution >= 0.6 is 11.6 Å². The number of methoxy groups -OCH3 is 1. The highest BCUT2D eigenvalue weighted by atomic mass is 35.5. The molecule has 130 valence electrons. The van der Waals surface area contributed by atoms with Crippen LogP contribution in [-0.2, 0) is 0 Å². The highest BCUT2D eigenvalue weighted by Crippen LogP contribution is 2.29. The molecule has 11 heteroatoms. The molecule has 10 nitrogen and oxygen atoms in total. The summed E-state index contributed by atoms with van der Waals surface area (Å²) in [5.74, 6) is 0.338. The molecule has 0 spiro atoms. The van der Waals surface area contributed by atoms with E-state index in [0.717, 1.165) is 18.2 Å². The van der Waals surface area contributed by atoms with Crippen molar-refractivity contribution in [3.05, 3.63) is 61.6 Å². The lowest BCUT2D eigenvalue weighted by Gasteiger charge is -2.11. The second kappa shape index (κ2) is 7.45. The van der Waals surface area contributed by atoms with Gasteiger partial charge in [-0.3, -0.25) is 20.2 Å². The molecular weight excluding hydrogens is 356 g/mol. The summed E-state index contributed by atoms with van der Waals surface area (Å²) in [7, 11) is 1.40. The average Bonchev–Trinajstić information content (AvgIpc) is 2.54. The van der Waals surface area contributed by atoms with E-state index in [4.69, 9.17) is 16.3 Å². The van der Waals surface area contributed by atoms with Crippen molar-refractivity contribution in [1.82, 2.24) is 0 Å². The molecule has 0 unspecified atom stereocenters. The Hall–Kier alpha value is -3.40. The van der Waals surface area contributed by atoms with E-state index >= 15 is 0 Å². The summed E-state index contributed by atoms with van der Waals surface area (Å²) in [6.07, 6.45) is 0. The molecule has 0 aliphatic carbocycles. The number of nitrogens with zero attached hydrogens (tertiary/aromatic N) is 2. The predicted octanol–water partition coefficient (Wildman–Crippen LogP) is 3.81. The number of nitrogens with one attached hydrogen (secondary N) is 2. The van der Waals surface area contributed by atoms with Gasteiger partial charge in [0.05, 0.1) is 34.4 Å². The number of non-ortho nitro benzene ring substituents is 2. The number of urea groups is 1. The third-order valence-corrected chi connectivity index (χ3v) is 3.23. The molecule has 0 saturated carbocycles. The van der Waals surface area contributed by atoms with E-state index < -0.39 is 27.3 Å². The minimum Gasteiger partial charge on any atom is -0.495 e. The first-order valence-electron chi connectivity index (χ1n) is 6.65. The molecule has 2 N–H and O–H groups in total. The van der Waals surface area contributed by atoms with Gasteiger partial charge >= 0.3 is 6.03 Å². The molecule has 0 radical (unpaired) electrons. The Labute approximate surface area is 145 Å². The monoisotopic (exact) mass is 366 g/mol. The van der Waals surface area contributed by atoms with Crippen LogP contribution in [0.5, 0.6) is 5.75 Å². The van der Waals surface area contributed by atoms with E-state index in [1.165, 1.54) is 19.2 Å². The molecule has 0 fully saturated rings. The van der Waals surface area contributed by atoms with Crippen LogP contribution in [-0.4, -0.2) is 23.0 Å². The van der Waals surface area contributed by atoms with Gasteiger partial charge in [-0.2, -0.15) is 0 Å². The molecule has 0 saturated heterocycles. The molecule has 0 aliphatic heterocycles. The number of rotatable bonds is 5. The first-order chi connectivity index (χ1) is 11.8. The topological polar surface area (TPSA) is 137 Å². The van der Waals surface area contributed by atoms with Gasteiger partial charge in [0.25, 0.3) is 11.4 Å². The average molecular weight is 367 g/mol. The quantitative estimate of drug-likeness (QED) is 0.609. The van der Waals surface area contributed by atoms with E-state index in [1.807, 2.05) is 0 Å². The lowest BCUT2D eigenvalue weighted by Crippen LogP contribution is -2.20. The molecule has 0 heterocycles. The smallest absolute Gasteiger partial charge is 0.323 e. The van der Waals surface area contributed by atoms with Crippen LogP contribution < -0.4 is 15.4 Å². The molecule has 2 aromatic rings. The Morgan fingerprint density at radius 1 is 1.04 bits per heavy atom. The Balaban J connectivity index is 2.24. The molecule has 2 amide bonds. The van der Waals surface area contributed by atoms with Gasteiger partial charge in [-0.1, -0.05) is 11.6 Å². The van der Waals surface area contributed by atoms with Crippen molar-refractivity contribution in [2.45, 2.75) is 0 Å². The largest absolute Gasteiger partial charge is 0.495 e. The lowest BCUT2D eigenvalue weighted by molar-refractivity contribution is -0.394. The summed E-state index contributed by atoms with van der Waals surface area (Å²) < 4.78 is 5.07. The summed E-state index contributed by atoms with van der Waals surface area (Å²) in [5.41, 5.74) is -0.901. The number of ether oxygens (including phenoxy) is 1. The van der Waals surface area contributed by atoms with Crippen LogP contribution in [0.25, 0.3) is 0 Å². The van der Waals surface area contributed by atoms with Gasteiger partial charge in [-0.05, 0) is 18.2 Å². The van der Waals surface area contributed by atoms with Gasteiger partial charge in [0.2, 0.25) is 0 Å². The molecule has 0 aromatic heterocycles.